The molecule has 0 spiro atoms. The number of pyridine rings is 1. The van der Waals surface area contributed by atoms with E-state index in [1.165, 1.54) is 13.2 Å². The lowest BCUT2D eigenvalue weighted by Gasteiger charge is -2.19. The maximum atomic E-state index is 12.4. The van der Waals surface area contributed by atoms with Gasteiger partial charge in [-0.05, 0) is 24.6 Å². The van der Waals surface area contributed by atoms with Gasteiger partial charge in [-0.15, -0.1) is 0 Å². The van der Waals surface area contributed by atoms with Crippen LogP contribution in [0.25, 0.3) is 11.5 Å². The zero-order valence-electron chi connectivity index (χ0n) is 17.7. The van der Waals surface area contributed by atoms with Crippen LogP contribution in [0.5, 0.6) is 5.88 Å². The second-order valence-corrected chi connectivity index (χ2v) is 6.87. The van der Waals surface area contributed by atoms with Gasteiger partial charge in [0, 0.05) is 6.07 Å². The fourth-order valence-electron chi connectivity index (χ4n) is 2.92. The predicted molar refractivity (Wildman–Crippen MR) is 111 cm³/mol. The van der Waals surface area contributed by atoms with Crippen molar-refractivity contribution in [1.29, 1.82) is 0 Å². The van der Waals surface area contributed by atoms with Crippen LogP contribution in [-0.2, 0) is 9.59 Å². The molecule has 168 valence electrons. The monoisotopic (exact) mass is 432 g/mol. The number of aromatic nitrogens is 1. The molecule has 10 heteroatoms. The lowest BCUT2D eigenvalue weighted by atomic mass is 10.0. The lowest BCUT2D eigenvalue weighted by Crippen LogP contribution is -2.42. The number of ether oxygens (including phenoxy) is 1. The molecule has 0 aliphatic rings. The van der Waals surface area contributed by atoms with Crippen LogP contribution in [-0.4, -0.2) is 53.8 Å². The van der Waals surface area contributed by atoms with Gasteiger partial charge in [-0.25, -0.2) is 10.0 Å². The van der Waals surface area contributed by atoms with Crippen molar-refractivity contribution in [1.82, 2.24) is 20.7 Å². The van der Waals surface area contributed by atoms with E-state index in [4.69, 9.17) is 9.15 Å². The largest absolute Gasteiger partial charge is 0.481 e. The topological polar surface area (TPSA) is 134 Å². The number of hydrogen-bond donors (Lipinski definition) is 3. The molecule has 31 heavy (non-hydrogen) atoms. The van der Waals surface area contributed by atoms with Crippen molar-refractivity contribution in [2.24, 2.45) is 5.92 Å². The fourth-order valence-corrected chi connectivity index (χ4v) is 2.92. The number of hydrogen-bond acceptors (Lipinski definition) is 7. The Labute approximate surface area is 180 Å². The number of furan rings is 1. The third-order valence-electron chi connectivity index (χ3n) is 4.58. The molecule has 1 atom stereocenters. The molecular formula is C21H28N4O6. The highest BCUT2D eigenvalue weighted by Crippen LogP contribution is 2.22. The quantitative estimate of drug-likeness (QED) is 0.145. The summed E-state index contributed by atoms with van der Waals surface area (Å²) in [5, 5.41) is 15.0. The summed E-state index contributed by atoms with van der Waals surface area (Å²) in [6, 6.07) is 8.31. The Kier molecular flexibility index (Phi) is 9.50. The molecule has 0 radical (unpaired) electrons. The minimum absolute atomic E-state index is 0.0656. The first-order valence-corrected chi connectivity index (χ1v) is 10.1. The first-order valence-electron chi connectivity index (χ1n) is 10.1. The lowest BCUT2D eigenvalue weighted by molar-refractivity contribution is -0.154. The molecule has 0 bridgehead atoms. The molecule has 2 rings (SSSR count). The van der Waals surface area contributed by atoms with E-state index in [0.717, 1.165) is 19.3 Å². The van der Waals surface area contributed by atoms with Crippen molar-refractivity contribution in [3.8, 4) is 17.3 Å². The van der Waals surface area contributed by atoms with Crippen LogP contribution < -0.4 is 15.4 Å². The molecule has 2 aromatic rings. The van der Waals surface area contributed by atoms with Crippen LogP contribution in [0.3, 0.4) is 0 Å². The number of nitrogens with zero attached hydrogens (tertiary/aromatic N) is 2. The zero-order valence-corrected chi connectivity index (χ0v) is 17.7. The van der Waals surface area contributed by atoms with Crippen LogP contribution in [0.2, 0.25) is 0 Å². The van der Waals surface area contributed by atoms with E-state index in [9.17, 15) is 19.6 Å². The van der Waals surface area contributed by atoms with E-state index >= 15 is 0 Å². The number of hydroxylamine groups is 2. The SMILES string of the molecule is CCCCC[C@H](CN(O)C=O)C(=O)NCNC(=O)c1ccc(-c2cccc(OC)n2)o1. The smallest absolute Gasteiger partial charge is 0.288 e. The van der Waals surface area contributed by atoms with E-state index in [-0.39, 0.29) is 31.3 Å². The number of amides is 3. The third kappa shape index (κ3) is 7.41. The number of carbonyl (C=O) groups excluding carboxylic acids is 3. The van der Waals surface area contributed by atoms with Crippen molar-refractivity contribution in [2.75, 3.05) is 20.3 Å². The minimum Gasteiger partial charge on any atom is -0.481 e. The third-order valence-corrected chi connectivity index (χ3v) is 4.58. The Bertz CT molecular complexity index is 869. The van der Waals surface area contributed by atoms with Crippen LogP contribution in [0.1, 0.15) is 43.2 Å². The van der Waals surface area contributed by atoms with Crippen molar-refractivity contribution >= 4 is 18.2 Å². The second-order valence-electron chi connectivity index (χ2n) is 6.87. The Morgan fingerprint density at radius 2 is 2.06 bits per heavy atom. The van der Waals surface area contributed by atoms with E-state index in [1.54, 1.807) is 24.3 Å². The highest BCUT2D eigenvalue weighted by atomic mass is 16.5. The molecule has 0 aliphatic heterocycles. The molecule has 0 fully saturated rings. The highest BCUT2D eigenvalue weighted by Gasteiger charge is 2.21. The first-order chi connectivity index (χ1) is 15.0. The molecule has 0 aliphatic carbocycles. The van der Waals surface area contributed by atoms with E-state index in [0.29, 0.717) is 28.8 Å². The molecule has 10 nitrogen and oxygen atoms in total. The van der Waals surface area contributed by atoms with Gasteiger partial charge in [-0.2, -0.15) is 0 Å². The van der Waals surface area contributed by atoms with Gasteiger partial charge in [-0.3, -0.25) is 19.6 Å². The molecule has 0 saturated heterocycles. The van der Waals surface area contributed by atoms with Gasteiger partial charge in [0.05, 0.1) is 26.2 Å². The van der Waals surface area contributed by atoms with Gasteiger partial charge in [0.2, 0.25) is 18.2 Å². The molecular weight excluding hydrogens is 404 g/mol. The summed E-state index contributed by atoms with van der Waals surface area (Å²) in [5.41, 5.74) is 0.519. The molecule has 0 aromatic carbocycles. The Morgan fingerprint density at radius 3 is 2.77 bits per heavy atom. The summed E-state index contributed by atoms with van der Waals surface area (Å²) in [6.07, 6.45) is 3.50. The van der Waals surface area contributed by atoms with Crippen LogP contribution >= 0.6 is 0 Å². The average Bonchev–Trinajstić information content (AvgIpc) is 3.28. The molecule has 3 N–H and O–H groups in total. The first kappa shape index (κ1) is 23.9. The van der Waals surface area contributed by atoms with Crippen molar-refractivity contribution in [3.63, 3.8) is 0 Å². The van der Waals surface area contributed by atoms with Gasteiger partial charge in [0.25, 0.3) is 5.91 Å². The van der Waals surface area contributed by atoms with Crippen molar-refractivity contribution < 1.29 is 28.7 Å². The van der Waals surface area contributed by atoms with Crippen LogP contribution in [0.4, 0.5) is 0 Å². The summed E-state index contributed by atoms with van der Waals surface area (Å²) in [5.74, 6) is -0.552. The van der Waals surface area contributed by atoms with Crippen LogP contribution in [0.15, 0.2) is 34.7 Å². The average molecular weight is 432 g/mol. The molecule has 2 aromatic heterocycles. The maximum absolute atomic E-state index is 12.4. The van der Waals surface area contributed by atoms with Crippen molar-refractivity contribution in [2.45, 2.75) is 32.6 Å². The van der Waals surface area contributed by atoms with E-state index in [2.05, 4.69) is 15.6 Å². The summed E-state index contributed by atoms with van der Waals surface area (Å²) >= 11 is 0. The van der Waals surface area contributed by atoms with Gasteiger partial charge in [0.15, 0.2) is 11.5 Å². The summed E-state index contributed by atoms with van der Waals surface area (Å²) in [6.45, 7) is 1.81. The highest BCUT2D eigenvalue weighted by molar-refractivity contribution is 5.92. The van der Waals surface area contributed by atoms with Gasteiger partial charge >= 0.3 is 0 Å². The number of nitrogens with one attached hydrogen (secondary N) is 2. The molecule has 0 saturated carbocycles. The van der Waals surface area contributed by atoms with Crippen molar-refractivity contribution in [3.05, 3.63) is 36.1 Å². The van der Waals surface area contributed by atoms with Gasteiger partial charge in [0.1, 0.15) is 5.69 Å². The Balaban J connectivity index is 1.89. The molecule has 3 amide bonds. The van der Waals surface area contributed by atoms with Gasteiger partial charge in [-0.1, -0.05) is 32.3 Å². The molecule has 2 heterocycles. The summed E-state index contributed by atoms with van der Waals surface area (Å²) in [4.78, 5) is 39.6. The van der Waals surface area contributed by atoms with Gasteiger partial charge < -0.3 is 19.8 Å². The molecule has 0 unspecified atom stereocenters. The Morgan fingerprint density at radius 1 is 1.26 bits per heavy atom. The van der Waals surface area contributed by atoms with E-state index < -0.39 is 11.8 Å². The zero-order chi connectivity index (χ0) is 22.6. The maximum Gasteiger partial charge on any atom is 0.288 e. The normalized spacial score (nSPS) is 11.5. The number of methoxy groups -OCH3 is 1. The Hall–Kier alpha value is -3.40. The standard InChI is InChI=1S/C21H28N4O6/c1-3-4-5-7-15(12-25(29)14-26)20(27)22-13-23-21(28)18-11-10-17(31-18)16-8-6-9-19(24-16)30-2/h6,8-11,14-15,29H,3-5,7,12-13H2,1-2H3,(H,22,27)(H,23,28)/t15-/m1/s1. The summed E-state index contributed by atoms with van der Waals surface area (Å²) in [7, 11) is 1.51. The minimum atomic E-state index is -0.576. The number of rotatable bonds is 13. The predicted octanol–water partition coefficient (Wildman–Crippen LogP) is 2.20. The van der Waals surface area contributed by atoms with Crippen LogP contribution in [0, 0.1) is 5.92 Å². The second kappa shape index (κ2) is 12.3. The number of carbonyl (C=O) groups is 3. The summed E-state index contributed by atoms with van der Waals surface area (Å²) < 4.78 is 10.6. The fraction of sp³-hybridized carbons (Fsp3) is 0.429. The van der Waals surface area contributed by atoms with E-state index in [1.807, 2.05) is 6.92 Å². The number of unbranched alkanes of at least 4 members (excludes halogenated alkanes) is 2.